The predicted octanol–water partition coefficient (Wildman–Crippen LogP) is 2.92. The van der Waals surface area contributed by atoms with Crippen molar-refractivity contribution < 1.29 is 10.2 Å². The maximum Gasteiger partial charge on any atom is 0.0319 e. The van der Waals surface area contributed by atoms with Crippen LogP contribution >= 0.6 is 0 Å². The summed E-state index contributed by atoms with van der Waals surface area (Å²) in [5, 5.41) is 14.0. The Bertz CT molecular complexity index is 92.9. The van der Waals surface area contributed by atoms with Crippen molar-refractivity contribution in [1.82, 2.24) is 0 Å². The number of allylic oxidation sites excluding steroid dienone is 4. The van der Waals surface area contributed by atoms with Gasteiger partial charge in [0.15, 0.2) is 0 Å². The zero-order valence-corrected chi connectivity index (χ0v) is 10.0. The van der Waals surface area contributed by atoms with Crippen molar-refractivity contribution in [2.45, 2.75) is 39.5 Å². The third-order valence-corrected chi connectivity index (χ3v) is 1.30. The molecule has 0 bridgehead atoms. The Labute approximate surface area is 89.0 Å². The topological polar surface area (TPSA) is 40.5 Å². The van der Waals surface area contributed by atoms with E-state index in [0.717, 1.165) is 27.1 Å². The van der Waals surface area contributed by atoms with Crippen LogP contribution in [0.2, 0.25) is 0 Å². The fraction of sp³-hybridized carbons (Fsp3) is 0.667. The van der Waals surface area contributed by atoms with E-state index in [4.69, 9.17) is 10.2 Å². The van der Waals surface area contributed by atoms with Gasteiger partial charge in [-0.1, -0.05) is 38.2 Å². The van der Waals surface area contributed by atoms with Gasteiger partial charge in [-0.05, 0) is 25.7 Å². The molecule has 14 heavy (non-hydrogen) atoms. The standard InChI is InChI=1S/C10H18.2CH4O/c1-3-5-7-9-10-8-6-4-2;2*1-2/h5-8H,3-4,9-10H2,1-2H3;2*2H,1H3/b7-5-,8-6+;;. The highest BCUT2D eigenvalue weighted by molar-refractivity contribution is 4.86. The molecule has 0 rings (SSSR count). The Morgan fingerprint density at radius 1 is 0.643 bits per heavy atom. The first-order valence-corrected chi connectivity index (χ1v) is 5.11. The van der Waals surface area contributed by atoms with Gasteiger partial charge in [-0.15, -0.1) is 0 Å². The van der Waals surface area contributed by atoms with Gasteiger partial charge in [0.1, 0.15) is 0 Å². The van der Waals surface area contributed by atoms with E-state index in [9.17, 15) is 0 Å². The van der Waals surface area contributed by atoms with Crippen LogP contribution in [0.5, 0.6) is 0 Å². The van der Waals surface area contributed by atoms with Crippen molar-refractivity contribution in [2.24, 2.45) is 0 Å². The minimum absolute atomic E-state index is 1.00. The van der Waals surface area contributed by atoms with Gasteiger partial charge in [0.25, 0.3) is 0 Å². The molecule has 0 aromatic rings. The molecule has 2 heteroatoms. The van der Waals surface area contributed by atoms with Crippen LogP contribution in [-0.4, -0.2) is 24.4 Å². The van der Waals surface area contributed by atoms with E-state index >= 15 is 0 Å². The second-order valence-corrected chi connectivity index (χ2v) is 2.34. The smallest absolute Gasteiger partial charge is 0.0319 e. The molecule has 0 saturated carbocycles. The summed E-state index contributed by atoms with van der Waals surface area (Å²) in [4.78, 5) is 0. The lowest BCUT2D eigenvalue weighted by atomic mass is 10.2. The molecule has 0 aromatic carbocycles. The fourth-order valence-corrected chi connectivity index (χ4v) is 0.761. The van der Waals surface area contributed by atoms with Crippen molar-refractivity contribution in [3.05, 3.63) is 24.3 Å². The van der Waals surface area contributed by atoms with Crippen LogP contribution in [0.4, 0.5) is 0 Å². The number of aliphatic hydroxyl groups is 2. The summed E-state index contributed by atoms with van der Waals surface area (Å²) >= 11 is 0. The molecule has 2 nitrogen and oxygen atoms in total. The van der Waals surface area contributed by atoms with Crippen molar-refractivity contribution >= 4 is 0 Å². The van der Waals surface area contributed by atoms with E-state index in [-0.39, 0.29) is 0 Å². The summed E-state index contributed by atoms with van der Waals surface area (Å²) in [6.45, 7) is 4.33. The average Bonchev–Trinajstić information content (AvgIpc) is 2.29. The molecule has 0 amide bonds. The van der Waals surface area contributed by atoms with Gasteiger partial charge in [-0.25, -0.2) is 0 Å². The molecule has 0 heterocycles. The second-order valence-electron chi connectivity index (χ2n) is 2.34. The van der Waals surface area contributed by atoms with Gasteiger partial charge >= 0.3 is 0 Å². The van der Waals surface area contributed by atoms with Crippen LogP contribution in [0.15, 0.2) is 24.3 Å². The number of unbranched alkanes of at least 4 members (excludes halogenated alkanes) is 1. The van der Waals surface area contributed by atoms with Gasteiger partial charge < -0.3 is 10.2 Å². The molecule has 0 unspecified atom stereocenters. The van der Waals surface area contributed by atoms with Gasteiger partial charge in [-0.3, -0.25) is 0 Å². The highest BCUT2D eigenvalue weighted by atomic mass is 16.2. The van der Waals surface area contributed by atoms with Crippen LogP contribution < -0.4 is 0 Å². The van der Waals surface area contributed by atoms with E-state index < -0.39 is 0 Å². The monoisotopic (exact) mass is 202 g/mol. The molecule has 0 aliphatic heterocycles. The largest absolute Gasteiger partial charge is 0.400 e. The normalized spacial score (nSPS) is 9.29. The van der Waals surface area contributed by atoms with Crippen molar-refractivity contribution in [3.63, 3.8) is 0 Å². The van der Waals surface area contributed by atoms with E-state index in [2.05, 4.69) is 38.2 Å². The molecule has 0 aromatic heterocycles. The lowest BCUT2D eigenvalue weighted by molar-refractivity contribution is 0.399. The molecule has 0 spiro atoms. The minimum Gasteiger partial charge on any atom is -0.400 e. The van der Waals surface area contributed by atoms with Crippen LogP contribution in [-0.2, 0) is 0 Å². The van der Waals surface area contributed by atoms with E-state index in [1.165, 1.54) is 12.8 Å². The maximum atomic E-state index is 7.00. The molecule has 0 radical (unpaired) electrons. The summed E-state index contributed by atoms with van der Waals surface area (Å²) in [5.41, 5.74) is 0. The Balaban J connectivity index is -0.000000266. The molecule has 0 atom stereocenters. The maximum absolute atomic E-state index is 7.00. The van der Waals surface area contributed by atoms with Gasteiger partial charge in [0, 0.05) is 14.2 Å². The van der Waals surface area contributed by atoms with Crippen LogP contribution in [0.1, 0.15) is 39.5 Å². The SMILES string of the molecule is CC/C=C\CC/C=C/CC.CO.CO. The van der Waals surface area contributed by atoms with E-state index in [1.54, 1.807) is 0 Å². The molecule has 0 aliphatic carbocycles. The summed E-state index contributed by atoms with van der Waals surface area (Å²) < 4.78 is 0. The second kappa shape index (κ2) is 29.4. The molecule has 86 valence electrons. The fourth-order valence-electron chi connectivity index (χ4n) is 0.761. The molecular formula is C12H26O2. The van der Waals surface area contributed by atoms with Crippen LogP contribution in [0.3, 0.4) is 0 Å². The van der Waals surface area contributed by atoms with Crippen molar-refractivity contribution in [3.8, 4) is 0 Å². The number of hydrogen-bond donors (Lipinski definition) is 2. The number of hydrogen-bond acceptors (Lipinski definition) is 2. The first-order valence-electron chi connectivity index (χ1n) is 5.11. The first kappa shape index (κ1) is 19.0. The third-order valence-electron chi connectivity index (χ3n) is 1.30. The summed E-state index contributed by atoms with van der Waals surface area (Å²) in [5.74, 6) is 0. The lowest BCUT2D eigenvalue weighted by Gasteiger charge is -1.84. The zero-order valence-electron chi connectivity index (χ0n) is 10.0. The molecule has 0 aliphatic rings. The van der Waals surface area contributed by atoms with Gasteiger partial charge in [-0.2, -0.15) is 0 Å². The zero-order chi connectivity index (χ0) is 11.7. The van der Waals surface area contributed by atoms with Gasteiger partial charge in [0.2, 0.25) is 0 Å². The molecular weight excluding hydrogens is 176 g/mol. The quantitative estimate of drug-likeness (QED) is 0.531. The van der Waals surface area contributed by atoms with Crippen molar-refractivity contribution in [2.75, 3.05) is 14.2 Å². The minimum atomic E-state index is 1.00. The third kappa shape index (κ3) is 30.1. The molecule has 0 fully saturated rings. The van der Waals surface area contributed by atoms with Crippen LogP contribution in [0, 0.1) is 0 Å². The summed E-state index contributed by atoms with van der Waals surface area (Å²) in [6.07, 6.45) is 13.7. The van der Waals surface area contributed by atoms with Crippen LogP contribution in [0.25, 0.3) is 0 Å². The Hall–Kier alpha value is -0.600. The summed E-state index contributed by atoms with van der Waals surface area (Å²) in [6, 6.07) is 0. The highest BCUT2D eigenvalue weighted by Crippen LogP contribution is 1.94. The van der Waals surface area contributed by atoms with E-state index in [0.29, 0.717) is 0 Å². The van der Waals surface area contributed by atoms with Crippen molar-refractivity contribution in [1.29, 1.82) is 0 Å². The molecule has 2 N–H and O–H groups in total. The Kier molecular flexibility index (Phi) is 40.0. The summed E-state index contributed by atoms with van der Waals surface area (Å²) in [7, 11) is 2.00. The van der Waals surface area contributed by atoms with Gasteiger partial charge in [0.05, 0.1) is 0 Å². The number of rotatable bonds is 5. The number of aliphatic hydroxyl groups excluding tert-OH is 2. The highest BCUT2D eigenvalue weighted by Gasteiger charge is 1.74. The first-order chi connectivity index (χ1) is 6.91. The van der Waals surface area contributed by atoms with E-state index in [1.807, 2.05) is 0 Å². The predicted molar refractivity (Wildman–Crippen MR) is 64.4 cm³/mol. The lowest BCUT2D eigenvalue weighted by Crippen LogP contribution is -1.64. The molecule has 0 saturated heterocycles. The Morgan fingerprint density at radius 3 is 1.14 bits per heavy atom. The average molecular weight is 202 g/mol. The Morgan fingerprint density at radius 2 is 0.929 bits per heavy atom.